The maximum absolute atomic E-state index is 12.5. The maximum atomic E-state index is 12.5. The van der Waals surface area contributed by atoms with Crippen LogP contribution in [0.3, 0.4) is 0 Å². The summed E-state index contributed by atoms with van der Waals surface area (Å²) >= 11 is 1.77. The molecule has 6 nitrogen and oxygen atoms in total. The van der Waals surface area contributed by atoms with E-state index in [1.807, 2.05) is 17.9 Å². The first-order valence-electron chi connectivity index (χ1n) is 8.45. The van der Waals surface area contributed by atoms with Gasteiger partial charge in [-0.05, 0) is 19.1 Å². The summed E-state index contributed by atoms with van der Waals surface area (Å²) in [6.07, 6.45) is 3.21. The van der Waals surface area contributed by atoms with E-state index >= 15 is 0 Å². The van der Waals surface area contributed by atoms with Crippen molar-refractivity contribution < 1.29 is 9.69 Å². The summed E-state index contributed by atoms with van der Waals surface area (Å²) in [6.45, 7) is 6.14. The largest absolute Gasteiger partial charge is 0.326 e. The number of hydrogen-bond acceptors (Lipinski definition) is 5. The van der Waals surface area contributed by atoms with E-state index in [0.717, 1.165) is 43.9 Å². The number of thiazole rings is 1. The Hall–Kier alpha value is -2.38. The number of carbonyl (C=O) groups excluding carboxylic acids is 1. The van der Waals surface area contributed by atoms with Crippen LogP contribution in [0.4, 0.5) is 0 Å². The van der Waals surface area contributed by atoms with Crippen LogP contribution in [0, 0.1) is 6.92 Å². The molecule has 128 valence electrons. The number of aryl methyl sites for hydroxylation is 1. The Labute approximate surface area is 150 Å². The van der Waals surface area contributed by atoms with Crippen LogP contribution >= 0.6 is 11.3 Å². The van der Waals surface area contributed by atoms with Crippen molar-refractivity contribution in [1.82, 2.24) is 19.9 Å². The quantitative estimate of drug-likeness (QED) is 0.760. The third kappa shape index (κ3) is 3.52. The molecule has 7 heteroatoms. The number of benzene rings is 1. The first-order valence-corrected chi connectivity index (χ1v) is 9.26. The number of hydrogen-bond donors (Lipinski definition) is 1. The standard InChI is InChI=1S/C18H19N5OS/c1-13-10-20-15(11-19-13)18(24)23-8-6-22(7-9-23)12-17-21-14-4-2-3-5-16(14)25-17/h2-5,10-11H,6-9,12H2,1H3/p+1. The maximum Gasteiger partial charge on any atom is 0.274 e. The highest BCUT2D eigenvalue weighted by Crippen LogP contribution is 2.20. The molecular weight excluding hydrogens is 334 g/mol. The molecule has 0 atom stereocenters. The number of amides is 1. The monoisotopic (exact) mass is 354 g/mol. The Morgan fingerprint density at radius 2 is 2.00 bits per heavy atom. The molecule has 1 aliphatic rings. The number of aromatic nitrogens is 3. The summed E-state index contributed by atoms with van der Waals surface area (Å²) in [5, 5.41) is 1.17. The highest BCUT2D eigenvalue weighted by Gasteiger charge is 2.26. The average molecular weight is 354 g/mol. The predicted molar refractivity (Wildman–Crippen MR) is 96.7 cm³/mol. The minimum Gasteiger partial charge on any atom is -0.326 e. The van der Waals surface area contributed by atoms with Crippen molar-refractivity contribution in [3.63, 3.8) is 0 Å². The number of rotatable bonds is 3. The molecule has 1 N–H and O–H groups in total. The molecule has 1 amide bonds. The first-order chi connectivity index (χ1) is 12.2. The lowest BCUT2D eigenvalue weighted by Gasteiger charge is -2.31. The highest BCUT2D eigenvalue weighted by atomic mass is 32.1. The van der Waals surface area contributed by atoms with Crippen LogP contribution in [0.2, 0.25) is 0 Å². The number of nitrogens with zero attached hydrogens (tertiary/aromatic N) is 4. The van der Waals surface area contributed by atoms with E-state index in [-0.39, 0.29) is 5.91 Å². The topological polar surface area (TPSA) is 63.4 Å². The summed E-state index contributed by atoms with van der Waals surface area (Å²) in [4.78, 5) is 28.9. The van der Waals surface area contributed by atoms with Gasteiger partial charge in [0.05, 0.1) is 48.3 Å². The van der Waals surface area contributed by atoms with Crippen LogP contribution in [0.1, 0.15) is 21.2 Å². The van der Waals surface area contributed by atoms with Crippen LogP contribution in [0.25, 0.3) is 10.2 Å². The highest BCUT2D eigenvalue weighted by molar-refractivity contribution is 7.18. The Morgan fingerprint density at radius 1 is 1.20 bits per heavy atom. The Kier molecular flexibility index (Phi) is 4.42. The minimum absolute atomic E-state index is 0.0217. The Bertz CT molecular complexity index is 851. The molecule has 4 rings (SSSR count). The second kappa shape index (κ2) is 6.85. The van der Waals surface area contributed by atoms with Gasteiger partial charge in [-0.25, -0.2) is 9.97 Å². The fraction of sp³-hybridized carbons (Fsp3) is 0.333. The van der Waals surface area contributed by atoms with Crippen LogP contribution in [-0.2, 0) is 6.54 Å². The lowest BCUT2D eigenvalue weighted by atomic mass is 10.2. The molecule has 3 aromatic rings. The summed E-state index contributed by atoms with van der Waals surface area (Å²) in [6, 6.07) is 8.25. The molecule has 0 bridgehead atoms. The van der Waals surface area contributed by atoms with Crippen LogP contribution in [0.5, 0.6) is 0 Å². The molecule has 0 spiro atoms. The van der Waals surface area contributed by atoms with E-state index in [1.165, 1.54) is 14.6 Å². The zero-order valence-corrected chi connectivity index (χ0v) is 14.9. The number of nitrogens with one attached hydrogen (secondary N) is 1. The SMILES string of the molecule is Cc1cnc(C(=O)N2CC[NH+](Cc3nc4ccccc4s3)CC2)cn1. The van der Waals surface area contributed by atoms with Crippen LogP contribution in [0.15, 0.2) is 36.7 Å². The van der Waals surface area contributed by atoms with Gasteiger partial charge in [-0.3, -0.25) is 9.78 Å². The zero-order valence-electron chi connectivity index (χ0n) is 14.1. The van der Waals surface area contributed by atoms with E-state index in [4.69, 9.17) is 4.98 Å². The van der Waals surface area contributed by atoms with Crippen LogP contribution < -0.4 is 4.90 Å². The summed E-state index contributed by atoms with van der Waals surface area (Å²) < 4.78 is 1.24. The molecule has 1 saturated heterocycles. The van der Waals surface area contributed by atoms with Gasteiger partial charge in [0.2, 0.25) is 0 Å². The number of carbonyl (C=O) groups is 1. The molecule has 25 heavy (non-hydrogen) atoms. The number of para-hydroxylation sites is 1. The summed E-state index contributed by atoms with van der Waals surface area (Å²) in [5.41, 5.74) is 2.33. The fourth-order valence-electron chi connectivity index (χ4n) is 3.08. The van der Waals surface area contributed by atoms with Gasteiger partial charge < -0.3 is 9.80 Å². The molecule has 2 aromatic heterocycles. The molecular formula is C18H20N5OS+. The average Bonchev–Trinajstić information content (AvgIpc) is 3.05. The predicted octanol–water partition coefficient (Wildman–Crippen LogP) is 0.936. The van der Waals surface area contributed by atoms with E-state index in [1.54, 1.807) is 23.7 Å². The first kappa shape index (κ1) is 16.1. The second-order valence-corrected chi connectivity index (χ2v) is 7.45. The van der Waals surface area contributed by atoms with Crippen molar-refractivity contribution in [3.8, 4) is 0 Å². The van der Waals surface area contributed by atoms with Crippen molar-refractivity contribution in [3.05, 3.63) is 53.1 Å². The van der Waals surface area contributed by atoms with Crippen molar-refractivity contribution in [2.24, 2.45) is 0 Å². The number of piperazine rings is 1. The molecule has 1 fully saturated rings. The van der Waals surface area contributed by atoms with Crippen molar-refractivity contribution in [2.75, 3.05) is 26.2 Å². The van der Waals surface area contributed by atoms with Crippen molar-refractivity contribution in [1.29, 1.82) is 0 Å². The van der Waals surface area contributed by atoms with Crippen LogP contribution in [-0.4, -0.2) is 51.9 Å². The third-order valence-electron chi connectivity index (χ3n) is 4.50. The molecule has 0 saturated carbocycles. The molecule has 3 heterocycles. The van der Waals surface area contributed by atoms with E-state index in [2.05, 4.69) is 28.2 Å². The number of quaternary nitrogens is 1. The van der Waals surface area contributed by atoms with Crippen molar-refractivity contribution >= 4 is 27.5 Å². The van der Waals surface area contributed by atoms with E-state index in [9.17, 15) is 4.79 Å². The lowest BCUT2D eigenvalue weighted by Crippen LogP contribution is -3.13. The van der Waals surface area contributed by atoms with E-state index < -0.39 is 0 Å². The van der Waals surface area contributed by atoms with Gasteiger partial charge in [-0.2, -0.15) is 0 Å². The van der Waals surface area contributed by atoms with Crippen molar-refractivity contribution in [2.45, 2.75) is 13.5 Å². The second-order valence-electron chi connectivity index (χ2n) is 6.34. The smallest absolute Gasteiger partial charge is 0.274 e. The van der Waals surface area contributed by atoms with Gasteiger partial charge in [0.15, 0.2) is 0 Å². The number of fused-ring (bicyclic) bond motifs is 1. The van der Waals surface area contributed by atoms with Gasteiger partial charge in [-0.15, -0.1) is 11.3 Å². The Morgan fingerprint density at radius 3 is 2.72 bits per heavy atom. The minimum atomic E-state index is -0.0217. The summed E-state index contributed by atoms with van der Waals surface area (Å²) in [5.74, 6) is -0.0217. The van der Waals surface area contributed by atoms with Gasteiger partial charge >= 0.3 is 0 Å². The lowest BCUT2D eigenvalue weighted by molar-refractivity contribution is -0.917. The summed E-state index contributed by atoms with van der Waals surface area (Å²) in [7, 11) is 0. The molecule has 0 aliphatic carbocycles. The Balaban J connectivity index is 1.36. The fourth-order valence-corrected chi connectivity index (χ4v) is 4.12. The normalized spacial score (nSPS) is 15.6. The van der Waals surface area contributed by atoms with Gasteiger partial charge in [0.1, 0.15) is 17.2 Å². The molecule has 0 radical (unpaired) electrons. The molecule has 1 aromatic carbocycles. The van der Waals surface area contributed by atoms with E-state index in [0.29, 0.717) is 5.69 Å². The van der Waals surface area contributed by atoms with Gasteiger partial charge in [-0.1, -0.05) is 12.1 Å². The zero-order chi connectivity index (χ0) is 17.2. The van der Waals surface area contributed by atoms with Gasteiger partial charge in [0, 0.05) is 6.20 Å². The third-order valence-corrected chi connectivity index (χ3v) is 5.53. The molecule has 1 aliphatic heterocycles. The van der Waals surface area contributed by atoms with Gasteiger partial charge in [0.25, 0.3) is 5.91 Å². The molecule has 0 unspecified atom stereocenters.